The van der Waals surface area contributed by atoms with Crippen molar-refractivity contribution in [3.63, 3.8) is 0 Å². The third kappa shape index (κ3) is 3.86. The van der Waals surface area contributed by atoms with E-state index in [1.165, 1.54) is 12.2 Å². The molecular formula is C15H23FN2S. The molecule has 1 saturated heterocycles. The van der Waals surface area contributed by atoms with E-state index in [0.29, 0.717) is 6.42 Å². The minimum Gasteiger partial charge on any atom is -0.370 e. The number of hydrogen-bond donors (Lipinski definition) is 1. The first kappa shape index (κ1) is 14.7. The predicted octanol–water partition coefficient (Wildman–Crippen LogP) is 3.05. The lowest BCUT2D eigenvalue weighted by Gasteiger charge is -2.26. The van der Waals surface area contributed by atoms with Crippen LogP contribution in [0.4, 0.5) is 10.1 Å². The summed E-state index contributed by atoms with van der Waals surface area (Å²) in [6.07, 6.45) is 2.67. The summed E-state index contributed by atoms with van der Waals surface area (Å²) in [4.78, 5) is 2.32. The lowest BCUT2D eigenvalue weighted by molar-refractivity contribution is 0.577. The Labute approximate surface area is 119 Å². The second-order valence-corrected chi connectivity index (χ2v) is 6.29. The summed E-state index contributed by atoms with van der Waals surface area (Å²) in [6.45, 7) is 4.07. The first-order valence-electron chi connectivity index (χ1n) is 7.08. The van der Waals surface area contributed by atoms with Gasteiger partial charge in [0.2, 0.25) is 0 Å². The van der Waals surface area contributed by atoms with Crippen LogP contribution in [0.3, 0.4) is 0 Å². The minimum atomic E-state index is -0.113. The van der Waals surface area contributed by atoms with E-state index in [2.05, 4.69) is 4.90 Å². The van der Waals surface area contributed by atoms with Gasteiger partial charge in [0.25, 0.3) is 0 Å². The van der Waals surface area contributed by atoms with Gasteiger partial charge in [0.1, 0.15) is 5.82 Å². The van der Waals surface area contributed by atoms with Crippen LogP contribution in [0.1, 0.15) is 25.3 Å². The lowest BCUT2D eigenvalue weighted by atomic mass is 10.0. The van der Waals surface area contributed by atoms with E-state index in [0.717, 1.165) is 36.5 Å². The third-order valence-electron chi connectivity index (χ3n) is 3.65. The van der Waals surface area contributed by atoms with E-state index < -0.39 is 0 Å². The Morgan fingerprint density at radius 2 is 2.21 bits per heavy atom. The SMILES string of the molecule is CCC(N)Cc1c(F)cccc1N1CCCSCC1. The van der Waals surface area contributed by atoms with Crippen molar-refractivity contribution in [2.45, 2.75) is 32.2 Å². The highest BCUT2D eigenvalue weighted by molar-refractivity contribution is 7.99. The highest BCUT2D eigenvalue weighted by atomic mass is 32.2. The normalized spacial score (nSPS) is 18.2. The van der Waals surface area contributed by atoms with Crippen LogP contribution in [0.5, 0.6) is 0 Å². The number of hydrogen-bond acceptors (Lipinski definition) is 3. The molecule has 4 heteroatoms. The standard InChI is InChI=1S/C15H23FN2S/c1-2-12(17)11-13-14(16)5-3-6-15(13)18-7-4-9-19-10-8-18/h3,5-6,12H,2,4,7-11,17H2,1H3. The number of halogens is 1. The van der Waals surface area contributed by atoms with Gasteiger partial charge in [0.15, 0.2) is 0 Å². The van der Waals surface area contributed by atoms with Gasteiger partial charge in [-0.15, -0.1) is 0 Å². The molecule has 0 bridgehead atoms. The number of benzene rings is 1. The van der Waals surface area contributed by atoms with Crippen LogP contribution in [0.15, 0.2) is 18.2 Å². The first-order valence-corrected chi connectivity index (χ1v) is 8.23. The molecule has 19 heavy (non-hydrogen) atoms. The summed E-state index contributed by atoms with van der Waals surface area (Å²) >= 11 is 1.98. The van der Waals surface area contributed by atoms with Crippen molar-refractivity contribution >= 4 is 17.4 Å². The van der Waals surface area contributed by atoms with Crippen molar-refractivity contribution in [1.29, 1.82) is 0 Å². The Morgan fingerprint density at radius 1 is 1.37 bits per heavy atom. The molecule has 0 aromatic heterocycles. The minimum absolute atomic E-state index is 0.0389. The molecule has 1 fully saturated rings. The van der Waals surface area contributed by atoms with E-state index in [4.69, 9.17) is 5.73 Å². The first-order chi connectivity index (χ1) is 9.22. The second-order valence-electron chi connectivity index (χ2n) is 5.06. The van der Waals surface area contributed by atoms with Gasteiger partial charge in [-0.25, -0.2) is 4.39 Å². The fourth-order valence-electron chi connectivity index (χ4n) is 2.44. The number of thioether (sulfide) groups is 1. The third-order valence-corrected chi connectivity index (χ3v) is 4.70. The Morgan fingerprint density at radius 3 is 3.00 bits per heavy atom. The maximum atomic E-state index is 14.1. The van der Waals surface area contributed by atoms with E-state index in [9.17, 15) is 4.39 Å². The molecule has 0 radical (unpaired) electrons. The van der Waals surface area contributed by atoms with E-state index in [-0.39, 0.29) is 11.9 Å². The molecule has 1 aliphatic rings. The lowest BCUT2D eigenvalue weighted by Crippen LogP contribution is -2.29. The average molecular weight is 282 g/mol. The maximum absolute atomic E-state index is 14.1. The number of nitrogens with zero attached hydrogens (tertiary/aromatic N) is 1. The Bertz CT molecular complexity index is 403. The van der Waals surface area contributed by atoms with E-state index in [1.807, 2.05) is 30.8 Å². The van der Waals surface area contributed by atoms with Crippen molar-refractivity contribution in [3.8, 4) is 0 Å². The smallest absolute Gasteiger partial charge is 0.128 e. The van der Waals surface area contributed by atoms with E-state index >= 15 is 0 Å². The van der Waals surface area contributed by atoms with Crippen molar-refractivity contribution in [2.24, 2.45) is 5.73 Å². The highest BCUT2D eigenvalue weighted by Gasteiger charge is 2.17. The van der Waals surface area contributed by atoms with Crippen LogP contribution in [0.25, 0.3) is 0 Å². The van der Waals surface area contributed by atoms with Crippen molar-refractivity contribution in [1.82, 2.24) is 0 Å². The Balaban J connectivity index is 2.24. The topological polar surface area (TPSA) is 29.3 Å². The zero-order valence-corrected chi connectivity index (χ0v) is 12.4. The summed E-state index contributed by atoms with van der Waals surface area (Å²) in [6, 6.07) is 5.44. The Hall–Kier alpha value is -0.740. The molecule has 106 valence electrons. The van der Waals surface area contributed by atoms with Gasteiger partial charge in [-0.1, -0.05) is 13.0 Å². The van der Waals surface area contributed by atoms with Crippen LogP contribution in [-0.2, 0) is 6.42 Å². The summed E-state index contributed by atoms with van der Waals surface area (Å²) in [5.41, 5.74) is 7.86. The molecular weight excluding hydrogens is 259 g/mol. The van der Waals surface area contributed by atoms with E-state index in [1.54, 1.807) is 6.07 Å². The second kappa shape index (κ2) is 7.15. The average Bonchev–Trinajstić information content (AvgIpc) is 2.69. The molecule has 1 atom stereocenters. The zero-order chi connectivity index (χ0) is 13.7. The molecule has 1 aliphatic heterocycles. The van der Waals surface area contributed by atoms with Crippen LogP contribution < -0.4 is 10.6 Å². The van der Waals surface area contributed by atoms with Gasteiger partial charge in [-0.05, 0) is 37.1 Å². The molecule has 0 saturated carbocycles. The molecule has 0 aliphatic carbocycles. The fraction of sp³-hybridized carbons (Fsp3) is 0.600. The number of anilines is 1. The molecule has 1 aromatic carbocycles. The molecule has 2 nitrogen and oxygen atoms in total. The predicted molar refractivity (Wildman–Crippen MR) is 82.5 cm³/mol. The molecule has 1 unspecified atom stereocenters. The van der Waals surface area contributed by atoms with Crippen LogP contribution >= 0.6 is 11.8 Å². The molecule has 0 spiro atoms. The van der Waals surface area contributed by atoms with Gasteiger partial charge in [0.05, 0.1) is 0 Å². The summed E-state index contributed by atoms with van der Waals surface area (Å²) in [5.74, 6) is 2.21. The summed E-state index contributed by atoms with van der Waals surface area (Å²) in [5, 5.41) is 0. The van der Waals surface area contributed by atoms with Crippen LogP contribution in [0, 0.1) is 5.82 Å². The largest absolute Gasteiger partial charge is 0.370 e. The van der Waals surface area contributed by atoms with Gasteiger partial charge >= 0.3 is 0 Å². The molecule has 2 N–H and O–H groups in total. The van der Waals surface area contributed by atoms with Gasteiger partial charge in [-0.2, -0.15) is 11.8 Å². The monoisotopic (exact) mass is 282 g/mol. The molecule has 1 heterocycles. The van der Waals surface area contributed by atoms with Crippen molar-refractivity contribution in [3.05, 3.63) is 29.6 Å². The summed E-state index contributed by atoms with van der Waals surface area (Å²) in [7, 11) is 0. The van der Waals surface area contributed by atoms with Gasteiger partial charge in [0, 0.05) is 36.1 Å². The Kier molecular flexibility index (Phi) is 5.52. The maximum Gasteiger partial charge on any atom is 0.128 e. The highest BCUT2D eigenvalue weighted by Crippen LogP contribution is 2.27. The number of rotatable bonds is 4. The van der Waals surface area contributed by atoms with Crippen LogP contribution in [-0.4, -0.2) is 30.6 Å². The van der Waals surface area contributed by atoms with Crippen molar-refractivity contribution < 1.29 is 4.39 Å². The number of nitrogens with two attached hydrogens (primary N) is 1. The fourth-order valence-corrected chi connectivity index (χ4v) is 3.33. The van der Waals surface area contributed by atoms with Gasteiger partial charge < -0.3 is 10.6 Å². The van der Waals surface area contributed by atoms with Crippen molar-refractivity contribution in [2.75, 3.05) is 29.5 Å². The van der Waals surface area contributed by atoms with Gasteiger partial charge in [-0.3, -0.25) is 0 Å². The molecule has 0 amide bonds. The zero-order valence-electron chi connectivity index (χ0n) is 11.6. The molecule has 2 rings (SSSR count). The summed E-state index contributed by atoms with van der Waals surface area (Å²) < 4.78 is 14.1. The quantitative estimate of drug-likeness (QED) is 0.920. The molecule has 1 aromatic rings. The van der Waals surface area contributed by atoms with Crippen LogP contribution in [0.2, 0.25) is 0 Å².